The number of halogens is 1. The topological polar surface area (TPSA) is 72.3 Å². The van der Waals surface area contributed by atoms with E-state index in [4.69, 9.17) is 21.1 Å². The van der Waals surface area contributed by atoms with Gasteiger partial charge in [-0.25, -0.2) is 4.98 Å². The summed E-state index contributed by atoms with van der Waals surface area (Å²) in [5.41, 5.74) is 2.39. The molecule has 1 aliphatic carbocycles. The third-order valence-corrected chi connectivity index (χ3v) is 5.58. The van der Waals surface area contributed by atoms with Crippen LogP contribution in [0.1, 0.15) is 44.1 Å². The van der Waals surface area contributed by atoms with Gasteiger partial charge < -0.3 is 9.42 Å². The second-order valence-corrected chi connectivity index (χ2v) is 8.39. The maximum absolute atomic E-state index is 6.56. The first-order valence-electron chi connectivity index (χ1n) is 9.10. The standard InChI is InChI=1S/C19H17ClN6O/c1-19(2)8-25-16(23-19)13-11(20)4-3-5-12(13)26-9-21-14(18(25)26)15-22-17(27-24-15)10-6-7-10/h3-5,9-10H,6-8H2,1-2H3. The lowest BCUT2D eigenvalue weighted by Gasteiger charge is -2.30. The highest BCUT2D eigenvalue weighted by Gasteiger charge is 2.42. The molecule has 0 unspecified atom stereocenters. The average molecular weight is 381 g/mol. The summed E-state index contributed by atoms with van der Waals surface area (Å²) < 4.78 is 7.51. The van der Waals surface area contributed by atoms with Gasteiger partial charge in [-0.3, -0.25) is 9.56 Å². The van der Waals surface area contributed by atoms with Crippen LogP contribution in [0.25, 0.3) is 17.2 Å². The molecule has 3 aromatic rings. The lowest BCUT2D eigenvalue weighted by atomic mass is 10.1. The highest BCUT2D eigenvalue weighted by Crippen LogP contribution is 2.44. The molecule has 7 nitrogen and oxygen atoms in total. The highest BCUT2D eigenvalue weighted by atomic mass is 35.5. The Hall–Kier alpha value is -2.67. The Bertz CT molecular complexity index is 1120. The SMILES string of the molecule is CC1(C)CN2C(=N1)c1c(Cl)cccc1-n1cnc(-c3noc(C4CC4)n3)c12. The van der Waals surface area contributed by atoms with Gasteiger partial charge in [-0.05, 0) is 38.8 Å². The maximum Gasteiger partial charge on any atom is 0.230 e. The molecule has 8 heteroatoms. The van der Waals surface area contributed by atoms with Crippen LogP contribution in [-0.4, -0.2) is 37.6 Å². The molecule has 2 aromatic heterocycles. The number of rotatable bonds is 2. The number of hydrogen-bond donors (Lipinski definition) is 0. The van der Waals surface area contributed by atoms with Gasteiger partial charge in [-0.15, -0.1) is 0 Å². The Kier molecular flexibility index (Phi) is 2.84. The fraction of sp³-hybridized carbons (Fsp3) is 0.368. The summed E-state index contributed by atoms with van der Waals surface area (Å²) in [7, 11) is 0. The molecule has 4 heterocycles. The van der Waals surface area contributed by atoms with Crippen molar-refractivity contribution in [2.24, 2.45) is 4.99 Å². The third kappa shape index (κ3) is 2.15. The van der Waals surface area contributed by atoms with Crippen LogP contribution in [0.5, 0.6) is 0 Å². The van der Waals surface area contributed by atoms with Gasteiger partial charge in [0.2, 0.25) is 11.7 Å². The van der Waals surface area contributed by atoms with Gasteiger partial charge in [0.25, 0.3) is 0 Å². The van der Waals surface area contributed by atoms with E-state index >= 15 is 0 Å². The molecule has 3 aliphatic rings. The monoisotopic (exact) mass is 380 g/mol. The number of aromatic nitrogens is 4. The molecular formula is C19H17ClN6O. The Morgan fingerprint density at radius 2 is 2.11 bits per heavy atom. The number of aliphatic imine (C=N–C) groups is 1. The number of imidazole rings is 1. The summed E-state index contributed by atoms with van der Waals surface area (Å²) in [5, 5.41) is 4.88. The van der Waals surface area contributed by atoms with Gasteiger partial charge in [0.15, 0.2) is 11.5 Å². The van der Waals surface area contributed by atoms with Crippen molar-refractivity contribution < 1.29 is 4.52 Å². The number of hydrogen-bond acceptors (Lipinski definition) is 6. The number of fused-ring (bicyclic) bond motifs is 6. The quantitative estimate of drug-likeness (QED) is 0.676. The predicted molar refractivity (Wildman–Crippen MR) is 102 cm³/mol. The van der Waals surface area contributed by atoms with E-state index in [0.717, 1.165) is 42.3 Å². The van der Waals surface area contributed by atoms with Crippen molar-refractivity contribution in [3.05, 3.63) is 41.0 Å². The Morgan fingerprint density at radius 3 is 2.93 bits per heavy atom. The van der Waals surface area contributed by atoms with Crippen molar-refractivity contribution in [1.82, 2.24) is 19.7 Å². The molecule has 0 N–H and O–H groups in total. The number of amidine groups is 1. The molecule has 0 bridgehead atoms. The first kappa shape index (κ1) is 15.4. The van der Waals surface area contributed by atoms with Crippen molar-refractivity contribution in [1.29, 1.82) is 0 Å². The molecule has 136 valence electrons. The van der Waals surface area contributed by atoms with Crippen LogP contribution < -0.4 is 4.90 Å². The van der Waals surface area contributed by atoms with Gasteiger partial charge in [-0.1, -0.05) is 22.8 Å². The second kappa shape index (κ2) is 4.98. The summed E-state index contributed by atoms with van der Waals surface area (Å²) in [5.74, 6) is 3.44. The normalized spacial score (nSPS) is 19.5. The lowest BCUT2D eigenvalue weighted by molar-refractivity contribution is 0.380. The number of nitrogens with zero attached hydrogens (tertiary/aromatic N) is 6. The van der Waals surface area contributed by atoms with Crippen molar-refractivity contribution in [2.75, 3.05) is 11.4 Å². The lowest BCUT2D eigenvalue weighted by Crippen LogP contribution is -2.37. The third-order valence-electron chi connectivity index (χ3n) is 5.26. The first-order chi connectivity index (χ1) is 13.0. The van der Waals surface area contributed by atoms with Crippen molar-refractivity contribution in [2.45, 2.75) is 38.1 Å². The van der Waals surface area contributed by atoms with E-state index in [2.05, 4.69) is 33.9 Å². The number of anilines is 1. The molecule has 1 fully saturated rings. The Morgan fingerprint density at radius 1 is 1.26 bits per heavy atom. The minimum Gasteiger partial charge on any atom is -0.339 e. The van der Waals surface area contributed by atoms with Gasteiger partial charge in [-0.2, -0.15) is 4.98 Å². The number of benzene rings is 1. The minimum atomic E-state index is -0.223. The average Bonchev–Trinajstić information content (AvgIpc) is 3.06. The van der Waals surface area contributed by atoms with Gasteiger partial charge in [0, 0.05) is 5.92 Å². The van der Waals surface area contributed by atoms with Gasteiger partial charge in [0.1, 0.15) is 12.2 Å². The largest absolute Gasteiger partial charge is 0.339 e. The first-order valence-corrected chi connectivity index (χ1v) is 9.48. The van der Waals surface area contributed by atoms with Gasteiger partial charge >= 0.3 is 0 Å². The summed E-state index contributed by atoms with van der Waals surface area (Å²) in [6, 6.07) is 5.88. The van der Waals surface area contributed by atoms with Crippen molar-refractivity contribution >= 4 is 23.3 Å². The zero-order valence-corrected chi connectivity index (χ0v) is 15.7. The molecular weight excluding hydrogens is 364 g/mol. The fourth-order valence-electron chi connectivity index (χ4n) is 3.91. The summed E-state index contributed by atoms with van der Waals surface area (Å²) in [6.45, 7) is 4.97. The van der Waals surface area contributed by atoms with Crippen LogP contribution in [0.2, 0.25) is 5.02 Å². The molecule has 0 radical (unpaired) electrons. The van der Waals surface area contributed by atoms with Crippen LogP contribution in [0.15, 0.2) is 34.0 Å². The highest BCUT2D eigenvalue weighted by molar-refractivity contribution is 6.36. The molecule has 0 saturated heterocycles. The zero-order chi connectivity index (χ0) is 18.3. The van der Waals surface area contributed by atoms with Crippen LogP contribution >= 0.6 is 11.6 Å². The van der Waals surface area contributed by atoms with Crippen LogP contribution in [0.3, 0.4) is 0 Å². The van der Waals surface area contributed by atoms with Crippen molar-refractivity contribution in [3.8, 4) is 17.2 Å². The minimum absolute atomic E-state index is 0.223. The maximum atomic E-state index is 6.56. The van der Waals surface area contributed by atoms with Crippen LogP contribution in [0.4, 0.5) is 5.82 Å². The summed E-state index contributed by atoms with van der Waals surface area (Å²) >= 11 is 6.56. The molecule has 1 saturated carbocycles. The summed E-state index contributed by atoms with van der Waals surface area (Å²) in [4.78, 5) is 16.4. The smallest absolute Gasteiger partial charge is 0.230 e. The molecule has 1 aromatic carbocycles. The molecule has 0 spiro atoms. The molecule has 27 heavy (non-hydrogen) atoms. The molecule has 0 atom stereocenters. The second-order valence-electron chi connectivity index (χ2n) is 7.99. The van der Waals surface area contributed by atoms with Gasteiger partial charge in [0.05, 0.1) is 28.4 Å². The Balaban J connectivity index is 1.59. The summed E-state index contributed by atoms with van der Waals surface area (Å²) in [6.07, 6.45) is 4.03. The predicted octanol–water partition coefficient (Wildman–Crippen LogP) is 3.81. The van der Waals surface area contributed by atoms with E-state index in [1.54, 1.807) is 6.33 Å². The van der Waals surface area contributed by atoms with E-state index in [1.807, 2.05) is 22.8 Å². The Labute approximate surface area is 160 Å². The van der Waals surface area contributed by atoms with E-state index in [9.17, 15) is 0 Å². The van der Waals surface area contributed by atoms with E-state index in [-0.39, 0.29) is 5.54 Å². The molecule has 2 aliphatic heterocycles. The zero-order valence-electron chi connectivity index (χ0n) is 15.0. The molecule has 6 rings (SSSR count). The van der Waals surface area contributed by atoms with Crippen molar-refractivity contribution in [3.63, 3.8) is 0 Å². The van der Waals surface area contributed by atoms with Crippen LogP contribution in [-0.2, 0) is 0 Å². The van der Waals surface area contributed by atoms with E-state index in [1.165, 1.54) is 0 Å². The van der Waals surface area contributed by atoms with E-state index in [0.29, 0.717) is 28.3 Å². The fourth-order valence-corrected chi connectivity index (χ4v) is 4.16. The van der Waals surface area contributed by atoms with Crippen LogP contribution in [0, 0.1) is 0 Å². The molecule has 0 amide bonds. The van der Waals surface area contributed by atoms with E-state index < -0.39 is 0 Å².